The number of unbranched alkanes of at least 4 members (excludes halogenated alkanes) is 19. The zero-order chi connectivity index (χ0) is 78.9. The number of aliphatic hydroxyl groups is 1. The Labute approximate surface area is 654 Å². The molecule has 0 radical (unpaired) electrons. The van der Waals surface area contributed by atoms with Crippen LogP contribution >= 0.6 is 15.6 Å². The summed E-state index contributed by atoms with van der Waals surface area (Å²) in [5.74, 6) is -2.29. The molecule has 0 spiro atoms. The van der Waals surface area contributed by atoms with E-state index in [4.69, 9.17) is 37.0 Å². The van der Waals surface area contributed by atoms with E-state index in [2.05, 4.69) is 210 Å². The summed E-state index contributed by atoms with van der Waals surface area (Å²) in [6.45, 7) is 4.32. The van der Waals surface area contributed by atoms with Crippen LogP contribution < -0.4 is 0 Å². The molecule has 0 saturated carbocycles. The maximum absolute atomic E-state index is 13.1. The molecule has 17 nitrogen and oxygen atoms in total. The van der Waals surface area contributed by atoms with Crippen LogP contribution in [0, 0.1) is 0 Å². The van der Waals surface area contributed by atoms with Gasteiger partial charge in [-0.15, -0.1) is 0 Å². The summed E-state index contributed by atoms with van der Waals surface area (Å²) in [7, 11) is -10.0. The van der Waals surface area contributed by atoms with Gasteiger partial charge in [-0.05, 0) is 173 Å². The van der Waals surface area contributed by atoms with Gasteiger partial charge in [0, 0.05) is 25.7 Å². The molecule has 0 amide bonds. The molecule has 0 bridgehead atoms. The molecule has 0 heterocycles. The van der Waals surface area contributed by atoms with Crippen LogP contribution in [0.4, 0.5) is 0 Å². The van der Waals surface area contributed by atoms with Crippen molar-refractivity contribution in [2.24, 2.45) is 0 Å². The lowest BCUT2D eigenvalue weighted by Crippen LogP contribution is -2.30. The van der Waals surface area contributed by atoms with Gasteiger partial charge in [0.2, 0.25) is 0 Å². The van der Waals surface area contributed by atoms with E-state index in [1.54, 1.807) is 0 Å². The fraction of sp³-hybridized carbons (Fsp3) is 0.618. The third-order valence-electron chi connectivity index (χ3n) is 16.4. The molecular formula is C89H144O17P2. The summed E-state index contributed by atoms with van der Waals surface area (Å²) in [4.78, 5) is 73.2. The molecule has 108 heavy (non-hydrogen) atoms. The van der Waals surface area contributed by atoms with E-state index < -0.39 is 97.5 Å². The first kappa shape index (κ1) is 102. The van der Waals surface area contributed by atoms with Gasteiger partial charge < -0.3 is 33.8 Å². The summed E-state index contributed by atoms with van der Waals surface area (Å²) in [5, 5.41) is 10.7. The highest BCUT2D eigenvalue weighted by atomic mass is 31.2. The van der Waals surface area contributed by atoms with Crippen LogP contribution in [-0.4, -0.2) is 96.7 Å². The fourth-order valence-electron chi connectivity index (χ4n) is 10.3. The predicted octanol–water partition coefficient (Wildman–Crippen LogP) is 24.3. The molecule has 612 valence electrons. The summed E-state index contributed by atoms with van der Waals surface area (Å²) in [6, 6.07) is 0. The topological polar surface area (TPSA) is 237 Å². The van der Waals surface area contributed by atoms with E-state index in [1.165, 1.54) is 0 Å². The van der Waals surface area contributed by atoms with E-state index >= 15 is 0 Å². The van der Waals surface area contributed by atoms with Gasteiger partial charge in [0.15, 0.2) is 12.2 Å². The standard InChI is InChI=1S/C89H144O17P2/c1-5-9-13-17-21-25-29-33-37-40-41-44-47-50-54-58-62-66-70-74-87(92)100-80-85(106-89(94)76-72-68-64-60-56-52-48-43-39-35-31-27-23-19-15-11-7-3)82-104-108(97,98)102-78-83(90)77-101-107(95,96)103-81-84(105-88(93)75-71-67-63-59-55-51-45-36-32-28-24-20-16-12-8-4)79-99-86(91)73-69-65-61-57-53-49-46-42-38-34-30-26-22-18-14-10-6-2/h9-16,21-28,33-39,41,44-46,49,55,59,83-85,90H,5-8,17-20,29-32,40,42-43,47-48,50-54,56-58,60-82H2,1-4H3,(H,95,96)(H,97,98)/b13-9-,14-10-,15-11-,16-12-,25-21-,26-22-,27-23-,28-24-,37-33-,38-34-,39-35-,44-41-,45-36-,49-46-,59-55-. The van der Waals surface area contributed by atoms with Crippen molar-refractivity contribution in [2.45, 2.75) is 316 Å². The summed E-state index contributed by atoms with van der Waals surface area (Å²) in [6.07, 6.45) is 95.8. The average Bonchev–Trinajstić information content (AvgIpc) is 0.906. The number of rotatable bonds is 75. The summed E-state index contributed by atoms with van der Waals surface area (Å²) < 4.78 is 68.7. The van der Waals surface area contributed by atoms with Crippen molar-refractivity contribution >= 4 is 39.5 Å². The summed E-state index contributed by atoms with van der Waals surface area (Å²) >= 11 is 0. The lowest BCUT2D eigenvalue weighted by atomic mass is 10.1. The van der Waals surface area contributed by atoms with Crippen molar-refractivity contribution in [2.75, 3.05) is 39.6 Å². The molecule has 0 aromatic heterocycles. The number of phosphoric acid groups is 2. The van der Waals surface area contributed by atoms with E-state index in [0.29, 0.717) is 32.1 Å². The van der Waals surface area contributed by atoms with E-state index in [0.717, 1.165) is 212 Å². The van der Waals surface area contributed by atoms with Gasteiger partial charge in [0.05, 0.1) is 26.4 Å². The average molecular weight is 1550 g/mol. The first-order valence-corrected chi connectivity index (χ1v) is 44.0. The zero-order valence-corrected chi connectivity index (χ0v) is 68.7. The Morgan fingerprint density at radius 2 is 0.454 bits per heavy atom. The number of hydrogen-bond acceptors (Lipinski definition) is 15. The van der Waals surface area contributed by atoms with Crippen LogP contribution in [0.2, 0.25) is 0 Å². The molecule has 5 atom stereocenters. The first-order chi connectivity index (χ1) is 52.7. The van der Waals surface area contributed by atoms with Crippen LogP contribution in [0.5, 0.6) is 0 Å². The zero-order valence-electron chi connectivity index (χ0n) is 66.9. The van der Waals surface area contributed by atoms with Gasteiger partial charge in [-0.1, -0.05) is 281 Å². The fourth-order valence-corrected chi connectivity index (χ4v) is 11.8. The summed E-state index contributed by atoms with van der Waals surface area (Å²) in [5.41, 5.74) is 0. The Morgan fingerprint density at radius 3 is 0.713 bits per heavy atom. The molecule has 0 saturated heterocycles. The Bertz CT molecular complexity index is 2760. The smallest absolute Gasteiger partial charge is 0.462 e. The second-order valence-corrected chi connectivity index (χ2v) is 29.4. The molecule has 3 N–H and O–H groups in total. The third kappa shape index (κ3) is 78.3. The maximum atomic E-state index is 13.1. The van der Waals surface area contributed by atoms with Gasteiger partial charge in [0.25, 0.3) is 0 Å². The quantitative estimate of drug-likeness (QED) is 0.0169. The van der Waals surface area contributed by atoms with E-state index in [1.807, 2.05) is 0 Å². The maximum Gasteiger partial charge on any atom is 0.472 e. The molecule has 5 unspecified atom stereocenters. The van der Waals surface area contributed by atoms with Gasteiger partial charge >= 0.3 is 39.5 Å². The predicted molar refractivity (Wildman–Crippen MR) is 445 cm³/mol. The number of carbonyl (C=O) groups is 4. The Hall–Kier alpha value is -5.84. The van der Waals surface area contributed by atoms with Crippen LogP contribution in [-0.2, 0) is 65.4 Å². The minimum atomic E-state index is -5.01. The number of phosphoric ester groups is 2. The Morgan fingerprint density at radius 1 is 0.259 bits per heavy atom. The number of hydrogen-bond donors (Lipinski definition) is 3. The minimum Gasteiger partial charge on any atom is -0.462 e. The molecule has 0 aliphatic heterocycles. The van der Waals surface area contributed by atoms with E-state index in [-0.39, 0.29) is 25.7 Å². The lowest BCUT2D eigenvalue weighted by Gasteiger charge is -2.21. The molecule has 19 heteroatoms. The number of allylic oxidation sites excluding steroid dienone is 30. The molecule has 0 aliphatic carbocycles. The SMILES string of the molecule is CC/C=C\C/C=C\C/C=C\C/C=C\CCCCCCCCC(=O)OCC(COP(=O)(O)OCC(O)COP(=O)(O)OCC(COC(=O)CCCCCC/C=C\C/C=C\C/C=C\C/C=C\CC)OC(=O)CCCC/C=C\C/C=C\C/C=C\C/C=C\CC)OC(=O)CCCCCCCCC/C=C\C/C=C\C/C=C\CC. The van der Waals surface area contributed by atoms with Gasteiger partial charge in [0.1, 0.15) is 19.3 Å². The minimum absolute atomic E-state index is 0.0302. The van der Waals surface area contributed by atoms with Gasteiger partial charge in [-0.2, -0.15) is 0 Å². The van der Waals surface area contributed by atoms with Gasteiger partial charge in [-0.3, -0.25) is 37.3 Å². The molecule has 0 fully saturated rings. The monoisotopic (exact) mass is 1550 g/mol. The molecular weight excluding hydrogens is 1400 g/mol. The van der Waals surface area contributed by atoms with Crippen molar-refractivity contribution in [1.29, 1.82) is 0 Å². The van der Waals surface area contributed by atoms with Crippen molar-refractivity contribution in [3.05, 3.63) is 182 Å². The molecule has 0 aromatic carbocycles. The molecule has 0 aliphatic rings. The van der Waals surface area contributed by atoms with E-state index in [9.17, 15) is 43.2 Å². The number of carbonyl (C=O) groups excluding carboxylic acids is 4. The van der Waals surface area contributed by atoms with Crippen LogP contribution in [0.3, 0.4) is 0 Å². The Balaban J connectivity index is 5.46. The number of aliphatic hydroxyl groups excluding tert-OH is 1. The van der Waals surface area contributed by atoms with Crippen molar-refractivity contribution < 1.29 is 80.2 Å². The first-order valence-electron chi connectivity index (χ1n) is 41.0. The second-order valence-electron chi connectivity index (χ2n) is 26.5. The van der Waals surface area contributed by atoms with Crippen molar-refractivity contribution in [3.8, 4) is 0 Å². The highest BCUT2D eigenvalue weighted by Crippen LogP contribution is 2.45. The van der Waals surface area contributed by atoms with Crippen LogP contribution in [0.1, 0.15) is 297 Å². The number of ether oxygens (including phenoxy) is 4. The lowest BCUT2D eigenvalue weighted by molar-refractivity contribution is -0.161. The second kappa shape index (κ2) is 79.3. The molecule has 0 rings (SSSR count). The largest absolute Gasteiger partial charge is 0.472 e. The van der Waals surface area contributed by atoms with Crippen LogP contribution in [0.15, 0.2) is 182 Å². The van der Waals surface area contributed by atoms with Gasteiger partial charge in [-0.25, -0.2) is 9.13 Å². The number of esters is 4. The van der Waals surface area contributed by atoms with Crippen LogP contribution in [0.25, 0.3) is 0 Å². The molecule has 0 aromatic rings. The normalized spacial score (nSPS) is 14.8. The highest BCUT2D eigenvalue weighted by molar-refractivity contribution is 7.47. The Kier molecular flexibility index (Phi) is 75.0. The van der Waals surface area contributed by atoms with Crippen molar-refractivity contribution in [1.82, 2.24) is 0 Å². The third-order valence-corrected chi connectivity index (χ3v) is 18.3. The highest BCUT2D eigenvalue weighted by Gasteiger charge is 2.30. The van der Waals surface area contributed by atoms with Crippen molar-refractivity contribution in [3.63, 3.8) is 0 Å².